The van der Waals surface area contributed by atoms with Crippen molar-refractivity contribution in [2.75, 3.05) is 13.2 Å². The highest BCUT2D eigenvalue weighted by atomic mass is 28.4. The molecule has 2 fully saturated rings. The van der Waals surface area contributed by atoms with Crippen LogP contribution in [0, 0.1) is 0 Å². The summed E-state index contributed by atoms with van der Waals surface area (Å²) in [6.45, 7) is 5.58. The molecule has 2 saturated carbocycles. The van der Waals surface area contributed by atoms with Crippen LogP contribution >= 0.6 is 0 Å². The number of hydrogen-bond donors (Lipinski definition) is 2. The number of nitrogens with one attached hydrogen (secondary N) is 2. The molecule has 0 heterocycles. The van der Waals surface area contributed by atoms with Crippen molar-refractivity contribution in [2.24, 2.45) is 0 Å². The third-order valence-electron chi connectivity index (χ3n) is 4.69. The van der Waals surface area contributed by atoms with Gasteiger partial charge in [0.1, 0.15) is 0 Å². The van der Waals surface area contributed by atoms with E-state index in [9.17, 15) is 0 Å². The van der Waals surface area contributed by atoms with E-state index in [2.05, 4.69) is 23.8 Å². The monoisotopic (exact) mass is 314 g/mol. The Morgan fingerprint density at radius 3 is 1.43 bits per heavy atom. The largest absolute Gasteiger partial charge is 0.517 e. The highest BCUT2D eigenvalue weighted by molar-refractivity contribution is 6.62. The summed E-state index contributed by atoms with van der Waals surface area (Å²) < 4.78 is 12.3. The van der Waals surface area contributed by atoms with Gasteiger partial charge in [-0.25, -0.2) is 0 Å². The molecule has 2 aliphatic rings. The molecule has 2 rings (SSSR count). The summed E-state index contributed by atoms with van der Waals surface area (Å²) in [5.74, 6) is 0. The Morgan fingerprint density at radius 1 is 0.714 bits per heavy atom. The molecule has 0 saturated heterocycles. The van der Waals surface area contributed by atoms with Crippen LogP contribution in [-0.2, 0) is 8.85 Å². The molecular weight excluding hydrogens is 280 g/mol. The molecular formula is C16H34N2O2Si. The zero-order chi connectivity index (χ0) is 15.0. The van der Waals surface area contributed by atoms with E-state index in [0.29, 0.717) is 25.3 Å². The minimum atomic E-state index is -2.47. The second-order valence-electron chi connectivity index (χ2n) is 6.44. The Labute approximate surface area is 131 Å². The van der Waals surface area contributed by atoms with Gasteiger partial charge in [-0.05, 0) is 39.5 Å². The van der Waals surface area contributed by atoms with Gasteiger partial charge in [0.2, 0.25) is 0 Å². The summed E-state index contributed by atoms with van der Waals surface area (Å²) in [6.07, 6.45) is 13.2. The van der Waals surface area contributed by atoms with Crippen molar-refractivity contribution < 1.29 is 8.85 Å². The first kappa shape index (κ1) is 17.4. The average Bonchev–Trinajstić information content (AvgIpc) is 2.50. The lowest BCUT2D eigenvalue weighted by Gasteiger charge is -2.38. The SMILES string of the molecule is CCO[Si](NC1CCCCC1)(NC1CCCCC1)OCC. The second kappa shape index (κ2) is 9.25. The Balaban J connectivity index is 1.98. The number of hydrogen-bond acceptors (Lipinski definition) is 4. The Bertz CT molecular complexity index is 251. The third kappa shape index (κ3) is 5.64. The zero-order valence-corrected chi connectivity index (χ0v) is 15.0. The van der Waals surface area contributed by atoms with Crippen molar-refractivity contribution in [2.45, 2.75) is 90.1 Å². The molecule has 0 spiro atoms. The summed E-state index contributed by atoms with van der Waals surface area (Å²) in [7, 11) is -2.47. The topological polar surface area (TPSA) is 42.5 Å². The van der Waals surface area contributed by atoms with Gasteiger partial charge in [-0.2, -0.15) is 0 Å². The molecule has 0 aromatic carbocycles. The Hall–Kier alpha value is 0.0569. The van der Waals surface area contributed by atoms with E-state index in [1.165, 1.54) is 64.2 Å². The van der Waals surface area contributed by atoms with Crippen molar-refractivity contribution in [1.82, 2.24) is 9.96 Å². The molecule has 0 aromatic heterocycles. The summed E-state index contributed by atoms with van der Waals surface area (Å²) in [5, 5.41) is 0. The fourth-order valence-electron chi connectivity index (χ4n) is 3.69. The minimum absolute atomic E-state index is 0.569. The molecule has 5 heteroatoms. The molecule has 0 aliphatic heterocycles. The first-order valence-corrected chi connectivity index (χ1v) is 10.9. The maximum atomic E-state index is 6.17. The quantitative estimate of drug-likeness (QED) is 0.674. The zero-order valence-electron chi connectivity index (χ0n) is 14.0. The van der Waals surface area contributed by atoms with Crippen LogP contribution in [0.5, 0.6) is 0 Å². The van der Waals surface area contributed by atoms with E-state index in [1.807, 2.05) is 0 Å². The minimum Gasteiger partial charge on any atom is -0.371 e. The van der Waals surface area contributed by atoms with Crippen molar-refractivity contribution in [3.8, 4) is 0 Å². The molecule has 0 amide bonds. The van der Waals surface area contributed by atoms with Crippen LogP contribution in [0.15, 0.2) is 0 Å². The van der Waals surface area contributed by atoms with Crippen molar-refractivity contribution in [3.63, 3.8) is 0 Å². The molecule has 21 heavy (non-hydrogen) atoms. The highest BCUT2D eigenvalue weighted by Gasteiger charge is 2.43. The van der Waals surface area contributed by atoms with E-state index < -0.39 is 8.88 Å². The molecule has 2 N–H and O–H groups in total. The van der Waals surface area contributed by atoms with E-state index in [0.717, 1.165) is 0 Å². The maximum Gasteiger partial charge on any atom is 0.517 e. The summed E-state index contributed by atoms with van der Waals surface area (Å²) >= 11 is 0. The smallest absolute Gasteiger partial charge is 0.371 e. The fraction of sp³-hybridized carbons (Fsp3) is 1.00. The van der Waals surface area contributed by atoms with Gasteiger partial charge in [0.25, 0.3) is 0 Å². The Morgan fingerprint density at radius 2 is 1.10 bits per heavy atom. The summed E-state index contributed by atoms with van der Waals surface area (Å²) in [5.41, 5.74) is 0. The molecule has 0 atom stereocenters. The lowest BCUT2D eigenvalue weighted by atomic mass is 9.96. The van der Waals surface area contributed by atoms with Crippen molar-refractivity contribution >= 4 is 8.88 Å². The highest BCUT2D eigenvalue weighted by Crippen LogP contribution is 2.22. The standard InChI is InChI=1S/C16H34N2O2Si/c1-3-19-21(20-4-2,17-15-11-7-5-8-12-15)18-16-13-9-6-10-14-16/h15-18H,3-14H2,1-2H3. The van der Waals surface area contributed by atoms with Gasteiger partial charge in [0.05, 0.1) is 0 Å². The molecule has 0 radical (unpaired) electrons. The predicted molar refractivity (Wildman–Crippen MR) is 89.0 cm³/mol. The normalized spacial score (nSPS) is 22.6. The Kier molecular flexibility index (Phi) is 7.67. The van der Waals surface area contributed by atoms with E-state index in [1.54, 1.807) is 0 Å². The second-order valence-corrected chi connectivity index (χ2v) is 8.83. The van der Waals surface area contributed by atoms with Crippen LogP contribution in [-0.4, -0.2) is 34.2 Å². The van der Waals surface area contributed by atoms with Crippen LogP contribution in [0.3, 0.4) is 0 Å². The van der Waals surface area contributed by atoms with Gasteiger partial charge >= 0.3 is 8.88 Å². The van der Waals surface area contributed by atoms with Crippen LogP contribution < -0.4 is 9.96 Å². The molecule has 4 nitrogen and oxygen atoms in total. The van der Waals surface area contributed by atoms with E-state index in [-0.39, 0.29) is 0 Å². The van der Waals surface area contributed by atoms with E-state index in [4.69, 9.17) is 8.85 Å². The number of rotatable bonds is 8. The van der Waals surface area contributed by atoms with E-state index >= 15 is 0 Å². The first-order chi connectivity index (χ1) is 10.3. The molecule has 0 unspecified atom stereocenters. The van der Waals surface area contributed by atoms with Gasteiger partial charge in [-0.3, -0.25) is 9.96 Å². The van der Waals surface area contributed by atoms with Gasteiger partial charge < -0.3 is 8.85 Å². The molecule has 0 bridgehead atoms. The predicted octanol–water partition coefficient (Wildman–Crippen LogP) is 3.34. The van der Waals surface area contributed by atoms with Gasteiger partial charge in [-0.1, -0.05) is 38.5 Å². The third-order valence-corrected chi connectivity index (χ3v) is 7.66. The fourth-order valence-corrected chi connectivity index (χ4v) is 6.65. The first-order valence-electron chi connectivity index (χ1n) is 9.11. The molecule has 124 valence electrons. The lowest BCUT2D eigenvalue weighted by molar-refractivity contribution is 0.142. The van der Waals surface area contributed by atoms with Crippen LogP contribution in [0.1, 0.15) is 78.1 Å². The molecule has 0 aromatic rings. The maximum absolute atomic E-state index is 6.17. The van der Waals surface area contributed by atoms with Crippen LogP contribution in [0.25, 0.3) is 0 Å². The van der Waals surface area contributed by atoms with Crippen molar-refractivity contribution in [1.29, 1.82) is 0 Å². The summed E-state index contributed by atoms with van der Waals surface area (Å²) in [6, 6.07) is 1.14. The van der Waals surface area contributed by atoms with Gasteiger partial charge in [0.15, 0.2) is 0 Å². The van der Waals surface area contributed by atoms with Gasteiger partial charge in [0, 0.05) is 25.3 Å². The van der Waals surface area contributed by atoms with Crippen LogP contribution in [0.2, 0.25) is 0 Å². The summed E-state index contributed by atoms with van der Waals surface area (Å²) in [4.78, 5) is 7.60. The average molecular weight is 315 g/mol. The molecule has 2 aliphatic carbocycles. The van der Waals surface area contributed by atoms with Gasteiger partial charge in [-0.15, -0.1) is 0 Å². The lowest BCUT2D eigenvalue weighted by Crippen LogP contribution is -2.71. The van der Waals surface area contributed by atoms with Crippen molar-refractivity contribution in [3.05, 3.63) is 0 Å². The van der Waals surface area contributed by atoms with Crippen LogP contribution in [0.4, 0.5) is 0 Å².